The quantitative estimate of drug-likeness (QED) is 0.154. The molecule has 0 amide bonds. The molecular formula is C33H40N4O3. The molecule has 210 valence electrons. The van der Waals surface area contributed by atoms with E-state index in [1.165, 1.54) is 16.7 Å². The van der Waals surface area contributed by atoms with Crippen molar-refractivity contribution in [2.24, 2.45) is 39.8 Å². The smallest absolute Gasteiger partial charge is 0.189 e. The summed E-state index contributed by atoms with van der Waals surface area (Å²) in [5, 5.41) is 40.5. The van der Waals surface area contributed by atoms with Crippen LogP contribution < -0.4 is 11.1 Å². The van der Waals surface area contributed by atoms with E-state index in [0.717, 1.165) is 24.8 Å². The molecule has 1 aromatic heterocycles. The van der Waals surface area contributed by atoms with Gasteiger partial charge in [0.25, 0.3) is 0 Å². The number of allylic oxidation sites excluding steroid dienone is 3. The zero-order valence-electron chi connectivity index (χ0n) is 23.1. The van der Waals surface area contributed by atoms with E-state index in [-0.39, 0.29) is 41.5 Å². The summed E-state index contributed by atoms with van der Waals surface area (Å²) in [5.74, 6) is 7.07. The molecule has 9 unspecified atom stereocenters. The summed E-state index contributed by atoms with van der Waals surface area (Å²) in [6.07, 6.45) is 11.1. The Morgan fingerprint density at radius 2 is 2.02 bits per heavy atom. The van der Waals surface area contributed by atoms with Crippen molar-refractivity contribution in [3.63, 3.8) is 0 Å². The van der Waals surface area contributed by atoms with E-state index >= 15 is 0 Å². The average molecular weight is 541 g/mol. The first-order chi connectivity index (χ1) is 19.2. The van der Waals surface area contributed by atoms with Crippen LogP contribution in [0.4, 0.5) is 0 Å². The van der Waals surface area contributed by atoms with Gasteiger partial charge in [0.05, 0.1) is 23.3 Å². The minimum Gasteiger partial charge on any atom is -0.390 e. The number of hydrogen-bond acceptors (Lipinski definition) is 4. The number of nitrogens with two attached hydrogens (primary N) is 1. The predicted molar refractivity (Wildman–Crippen MR) is 156 cm³/mol. The van der Waals surface area contributed by atoms with Gasteiger partial charge in [-0.1, -0.05) is 53.8 Å². The molecule has 2 saturated carbocycles. The Hall–Kier alpha value is -3.05. The zero-order valence-corrected chi connectivity index (χ0v) is 23.1. The second-order valence-corrected chi connectivity index (χ2v) is 13.0. The van der Waals surface area contributed by atoms with Gasteiger partial charge in [0.2, 0.25) is 0 Å². The lowest BCUT2D eigenvalue weighted by Gasteiger charge is -2.50. The molecule has 7 N–H and O–H groups in total. The van der Waals surface area contributed by atoms with E-state index in [1.54, 1.807) is 7.05 Å². The summed E-state index contributed by atoms with van der Waals surface area (Å²) >= 11 is 0. The molecule has 0 radical (unpaired) electrons. The molecule has 1 heterocycles. The third kappa shape index (κ3) is 3.80. The minimum absolute atomic E-state index is 0.0526. The van der Waals surface area contributed by atoms with Gasteiger partial charge in [0.15, 0.2) is 5.96 Å². The topological polar surface area (TPSA) is 127 Å². The van der Waals surface area contributed by atoms with Crippen LogP contribution in [0, 0.1) is 40.9 Å². The Balaban J connectivity index is 1.40. The van der Waals surface area contributed by atoms with Crippen molar-refractivity contribution in [3.8, 4) is 11.8 Å². The molecule has 9 atom stereocenters. The maximum atomic E-state index is 12.4. The fourth-order valence-corrected chi connectivity index (χ4v) is 9.19. The molecule has 1 aromatic carbocycles. The molecule has 0 aliphatic heterocycles. The van der Waals surface area contributed by atoms with E-state index in [2.05, 4.69) is 75.7 Å². The Labute approximate surface area is 235 Å². The van der Waals surface area contributed by atoms with Gasteiger partial charge in [0, 0.05) is 42.4 Å². The molecule has 7 heteroatoms. The van der Waals surface area contributed by atoms with E-state index in [9.17, 15) is 15.3 Å². The van der Waals surface area contributed by atoms with Gasteiger partial charge in [-0.05, 0) is 73.8 Å². The summed E-state index contributed by atoms with van der Waals surface area (Å²) in [4.78, 5) is 7.71. The van der Waals surface area contributed by atoms with Gasteiger partial charge in [-0.3, -0.25) is 4.99 Å². The molecule has 7 rings (SSSR count). The van der Waals surface area contributed by atoms with Gasteiger partial charge in [-0.15, -0.1) is 0 Å². The first-order valence-corrected chi connectivity index (χ1v) is 14.8. The van der Waals surface area contributed by atoms with Crippen molar-refractivity contribution >= 4 is 16.9 Å². The van der Waals surface area contributed by atoms with E-state index in [0.29, 0.717) is 25.7 Å². The number of para-hydroxylation sites is 1. The number of H-pyrrole nitrogens is 1. The largest absolute Gasteiger partial charge is 0.390 e. The van der Waals surface area contributed by atoms with Gasteiger partial charge in [-0.25, -0.2) is 0 Å². The SMILES string of the molecule is CN=C(N)NC1C#CC2CCC=C(Cc3cc4ccccc4[nH]3)C23CC2C(CC(O)C2(O)C1)C1(O)CC=CC3C1. The van der Waals surface area contributed by atoms with Crippen molar-refractivity contribution in [2.45, 2.75) is 74.7 Å². The summed E-state index contributed by atoms with van der Waals surface area (Å²) in [5.41, 5.74) is 6.98. The summed E-state index contributed by atoms with van der Waals surface area (Å²) in [7, 11) is 1.62. The van der Waals surface area contributed by atoms with Crippen molar-refractivity contribution < 1.29 is 15.3 Å². The third-order valence-corrected chi connectivity index (χ3v) is 11.1. The van der Waals surface area contributed by atoms with Crippen LogP contribution in [0.25, 0.3) is 10.9 Å². The van der Waals surface area contributed by atoms with Crippen molar-refractivity contribution in [2.75, 3.05) is 7.05 Å². The third-order valence-electron chi connectivity index (χ3n) is 11.1. The van der Waals surface area contributed by atoms with Crippen LogP contribution in [-0.2, 0) is 6.42 Å². The number of fused-ring (bicyclic) bond motifs is 4. The number of benzene rings is 1. The van der Waals surface area contributed by atoms with Crippen LogP contribution in [0.2, 0.25) is 0 Å². The Morgan fingerprint density at radius 3 is 2.85 bits per heavy atom. The normalized spacial score (nSPS) is 42.0. The van der Waals surface area contributed by atoms with E-state index in [1.807, 2.05) is 0 Å². The molecular weight excluding hydrogens is 500 g/mol. The summed E-state index contributed by atoms with van der Waals surface area (Å²) in [6, 6.07) is 10.2. The highest BCUT2D eigenvalue weighted by Gasteiger charge is 2.66. The van der Waals surface area contributed by atoms with Crippen LogP contribution in [0.1, 0.15) is 50.6 Å². The second-order valence-electron chi connectivity index (χ2n) is 13.0. The standard InChI is InChI=1S/C33H40N4O3/c1-35-30(34)37-24-12-11-21-7-4-8-22(15-25-14-20-6-2-3-10-28(20)36-25)32(21)19-27-26(16-29(38)33(27,40)18-24)31(39)13-5-9-23(32)17-31/h2-3,5-6,8-10,14,21,23-24,26-27,29,36,38-40H,4,7,13,15-19H2,1H3,(H3,34,35,37). The highest BCUT2D eigenvalue weighted by Crippen LogP contribution is 2.65. The zero-order chi connectivity index (χ0) is 27.7. The lowest BCUT2D eigenvalue weighted by atomic mass is 9.53. The van der Waals surface area contributed by atoms with Crippen molar-refractivity contribution in [1.82, 2.24) is 10.3 Å². The number of aliphatic imine (C=N–C) groups is 1. The lowest BCUT2D eigenvalue weighted by Crippen LogP contribution is -2.52. The van der Waals surface area contributed by atoms with Crippen molar-refractivity contribution in [3.05, 3.63) is 59.8 Å². The van der Waals surface area contributed by atoms with Crippen LogP contribution in [0.15, 0.2) is 59.1 Å². The molecule has 1 spiro atoms. The van der Waals surface area contributed by atoms with Gasteiger partial charge < -0.3 is 31.4 Å². The number of nitrogens with zero attached hydrogens (tertiary/aromatic N) is 1. The molecule has 2 fully saturated rings. The maximum Gasteiger partial charge on any atom is 0.189 e. The Bertz CT molecular complexity index is 1450. The summed E-state index contributed by atoms with van der Waals surface area (Å²) in [6.45, 7) is 0. The summed E-state index contributed by atoms with van der Waals surface area (Å²) < 4.78 is 0. The van der Waals surface area contributed by atoms with Crippen molar-refractivity contribution in [1.29, 1.82) is 0 Å². The molecule has 7 nitrogen and oxygen atoms in total. The Morgan fingerprint density at radius 1 is 1.18 bits per heavy atom. The van der Waals surface area contributed by atoms with Crippen LogP contribution in [-0.4, -0.2) is 56.7 Å². The molecule has 2 aromatic rings. The van der Waals surface area contributed by atoms with Crippen LogP contribution in [0.3, 0.4) is 0 Å². The molecule has 40 heavy (non-hydrogen) atoms. The maximum absolute atomic E-state index is 12.4. The highest BCUT2D eigenvalue weighted by molar-refractivity contribution is 5.80. The Kier molecular flexibility index (Phi) is 5.98. The molecule has 4 bridgehead atoms. The monoisotopic (exact) mass is 540 g/mol. The molecule has 5 aliphatic carbocycles. The number of aliphatic hydroxyl groups is 3. The van der Waals surface area contributed by atoms with E-state index < -0.39 is 23.3 Å². The predicted octanol–water partition coefficient (Wildman–Crippen LogP) is 3.17. The number of aliphatic hydroxyl groups excluding tert-OH is 1. The van der Waals surface area contributed by atoms with E-state index in [4.69, 9.17) is 5.73 Å². The number of aromatic nitrogens is 1. The number of guanidine groups is 1. The number of hydrogen-bond donors (Lipinski definition) is 6. The highest BCUT2D eigenvalue weighted by atomic mass is 16.3. The first kappa shape index (κ1) is 25.9. The second kappa shape index (κ2) is 9.24. The molecule has 0 saturated heterocycles. The van der Waals surface area contributed by atoms with Gasteiger partial charge >= 0.3 is 0 Å². The fraction of sp³-hybridized carbons (Fsp3) is 0.545. The van der Waals surface area contributed by atoms with Crippen LogP contribution >= 0.6 is 0 Å². The average Bonchev–Trinajstić information content (AvgIpc) is 3.45. The first-order valence-electron chi connectivity index (χ1n) is 14.8. The minimum atomic E-state index is -1.40. The van der Waals surface area contributed by atoms with Crippen LogP contribution in [0.5, 0.6) is 0 Å². The number of rotatable bonds is 3. The molecule has 5 aliphatic rings. The fourth-order valence-electron chi connectivity index (χ4n) is 9.19. The number of aromatic amines is 1. The van der Waals surface area contributed by atoms with Gasteiger partial charge in [0.1, 0.15) is 0 Å². The van der Waals surface area contributed by atoms with Gasteiger partial charge in [-0.2, -0.15) is 0 Å². The number of nitrogens with one attached hydrogen (secondary N) is 2. The lowest BCUT2D eigenvalue weighted by molar-refractivity contribution is -0.108.